The SMILES string of the molecule is CCOC(=O)C1CCN(S(=O)(=O)c2cccc(C(=O)CNCC(c3ccco3)N(CC)CC)c2)CC1. The zero-order valence-electron chi connectivity index (χ0n) is 21.3. The molecule has 0 saturated carbocycles. The van der Waals surface area contributed by atoms with Gasteiger partial charge in [0.1, 0.15) is 5.76 Å². The fourth-order valence-corrected chi connectivity index (χ4v) is 6.07. The Hall–Kier alpha value is -2.53. The van der Waals surface area contributed by atoms with Crippen molar-refractivity contribution >= 4 is 21.8 Å². The van der Waals surface area contributed by atoms with Gasteiger partial charge in [-0.3, -0.25) is 14.5 Å². The van der Waals surface area contributed by atoms with Gasteiger partial charge in [0, 0.05) is 25.2 Å². The number of furan rings is 1. The second kappa shape index (κ2) is 13.1. The maximum absolute atomic E-state index is 13.2. The van der Waals surface area contributed by atoms with Crippen molar-refractivity contribution in [2.24, 2.45) is 5.92 Å². The third-order valence-electron chi connectivity index (χ3n) is 6.62. The summed E-state index contributed by atoms with van der Waals surface area (Å²) in [5, 5.41) is 3.21. The number of benzene rings is 1. The summed E-state index contributed by atoms with van der Waals surface area (Å²) in [6.07, 6.45) is 2.48. The first-order valence-electron chi connectivity index (χ1n) is 12.6. The van der Waals surface area contributed by atoms with Gasteiger partial charge in [0.05, 0.1) is 36.3 Å². The Balaban J connectivity index is 1.61. The van der Waals surface area contributed by atoms with Crippen molar-refractivity contribution in [3.63, 3.8) is 0 Å². The van der Waals surface area contributed by atoms with Crippen LogP contribution < -0.4 is 5.32 Å². The van der Waals surface area contributed by atoms with Crippen LogP contribution in [0.5, 0.6) is 0 Å². The standard InChI is InChI=1S/C26H37N3O6S/c1-4-28(5-2)23(25-11-8-16-35-25)18-27-19-24(30)21-9-7-10-22(17-21)36(32,33)29-14-12-20(13-15-29)26(31)34-6-3/h7-11,16-17,20,23,27H,4-6,12-15,18-19H2,1-3H3. The largest absolute Gasteiger partial charge is 0.468 e. The second-order valence-corrected chi connectivity index (χ2v) is 10.7. The van der Waals surface area contributed by atoms with Crippen LogP contribution in [0.4, 0.5) is 0 Å². The normalized spacial score (nSPS) is 16.2. The molecule has 1 N–H and O–H groups in total. The number of sulfonamides is 1. The lowest BCUT2D eigenvalue weighted by Gasteiger charge is -2.30. The summed E-state index contributed by atoms with van der Waals surface area (Å²) in [5.41, 5.74) is 0.336. The molecule has 1 aliphatic rings. The number of hydrogen-bond donors (Lipinski definition) is 1. The smallest absolute Gasteiger partial charge is 0.309 e. The zero-order chi connectivity index (χ0) is 26.1. The number of likely N-dealkylation sites (N-methyl/N-ethyl adjacent to an activating group) is 1. The number of carbonyl (C=O) groups excluding carboxylic acids is 2. The highest BCUT2D eigenvalue weighted by Crippen LogP contribution is 2.25. The number of nitrogens with zero attached hydrogens (tertiary/aromatic N) is 2. The molecule has 1 unspecified atom stereocenters. The van der Waals surface area contributed by atoms with Gasteiger partial charge < -0.3 is 14.5 Å². The molecule has 1 saturated heterocycles. The van der Waals surface area contributed by atoms with Crippen molar-refractivity contribution in [1.29, 1.82) is 0 Å². The molecule has 36 heavy (non-hydrogen) atoms. The number of hydrogen-bond acceptors (Lipinski definition) is 8. The van der Waals surface area contributed by atoms with Crippen LogP contribution in [0.2, 0.25) is 0 Å². The lowest BCUT2D eigenvalue weighted by molar-refractivity contribution is -0.149. The minimum absolute atomic E-state index is 0.00736. The van der Waals surface area contributed by atoms with E-state index in [0.717, 1.165) is 18.8 Å². The van der Waals surface area contributed by atoms with Crippen molar-refractivity contribution in [3.05, 3.63) is 54.0 Å². The Morgan fingerprint density at radius 2 is 1.86 bits per heavy atom. The number of Topliss-reactive ketones (excluding diaryl/α,β-unsaturated/α-hetero) is 1. The van der Waals surface area contributed by atoms with Crippen molar-refractivity contribution in [1.82, 2.24) is 14.5 Å². The Morgan fingerprint density at radius 1 is 1.14 bits per heavy atom. The molecule has 0 spiro atoms. The van der Waals surface area contributed by atoms with Gasteiger partial charge in [-0.1, -0.05) is 26.0 Å². The molecule has 2 aromatic rings. The molecular formula is C26H37N3O6S. The van der Waals surface area contributed by atoms with Crippen LogP contribution in [-0.4, -0.2) is 75.3 Å². The second-order valence-electron chi connectivity index (χ2n) is 8.76. The molecular weight excluding hydrogens is 482 g/mol. The first-order chi connectivity index (χ1) is 17.3. The molecule has 0 amide bonds. The third-order valence-corrected chi connectivity index (χ3v) is 8.51. The molecule has 1 atom stereocenters. The minimum Gasteiger partial charge on any atom is -0.468 e. The van der Waals surface area contributed by atoms with Crippen LogP contribution in [0.1, 0.15) is 55.8 Å². The first-order valence-corrected chi connectivity index (χ1v) is 14.0. The predicted molar refractivity (Wildman–Crippen MR) is 136 cm³/mol. The highest BCUT2D eigenvalue weighted by Gasteiger charge is 2.33. The first kappa shape index (κ1) is 28.0. The molecule has 2 heterocycles. The van der Waals surface area contributed by atoms with Crippen LogP contribution in [0, 0.1) is 5.92 Å². The number of piperidine rings is 1. The monoisotopic (exact) mass is 519 g/mol. The van der Waals surface area contributed by atoms with Crippen molar-refractivity contribution in [2.75, 3.05) is 45.9 Å². The summed E-state index contributed by atoms with van der Waals surface area (Å²) in [4.78, 5) is 27.2. The lowest BCUT2D eigenvalue weighted by Crippen LogP contribution is -2.40. The van der Waals surface area contributed by atoms with Crippen LogP contribution in [0.25, 0.3) is 0 Å². The van der Waals surface area contributed by atoms with Gasteiger partial charge in [0.2, 0.25) is 10.0 Å². The fraction of sp³-hybridized carbons (Fsp3) is 0.538. The molecule has 198 valence electrons. The maximum atomic E-state index is 13.2. The van der Waals surface area contributed by atoms with Crippen LogP contribution in [-0.2, 0) is 19.6 Å². The maximum Gasteiger partial charge on any atom is 0.309 e. The van der Waals surface area contributed by atoms with Crippen molar-refractivity contribution < 1.29 is 27.2 Å². The van der Waals surface area contributed by atoms with Gasteiger partial charge >= 0.3 is 5.97 Å². The van der Waals surface area contributed by atoms with Crippen LogP contribution in [0.15, 0.2) is 52.0 Å². The Kier molecular flexibility index (Phi) is 10.2. The van der Waals surface area contributed by atoms with Gasteiger partial charge in [0.25, 0.3) is 0 Å². The van der Waals surface area contributed by atoms with E-state index in [9.17, 15) is 18.0 Å². The van der Waals surface area contributed by atoms with E-state index in [1.54, 1.807) is 25.3 Å². The molecule has 3 rings (SSSR count). The molecule has 0 aliphatic carbocycles. The van der Waals surface area contributed by atoms with Gasteiger partial charge in [-0.2, -0.15) is 4.31 Å². The van der Waals surface area contributed by atoms with E-state index >= 15 is 0 Å². The molecule has 0 bridgehead atoms. The van der Waals surface area contributed by atoms with Crippen LogP contribution >= 0.6 is 0 Å². The van der Waals surface area contributed by atoms with E-state index in [2.05, 4.69) is 24.1 Å². The molecule has 1 aromatic heterocycles. The summed E-state index contributed by atoms with van der Waals surface area (Å²) in [7, 11) is -3.77. The minimum atomic E-state index is -3.77. The Bertz CT molecular complexity index is 1090. The molecule has 1 aromatic carbocycles. The summed E-state index contributed by atoms with van der Waals surface area (Å²) in [6.45, 7) is 8.99. The van der Waals surface area contributed by atoms with Gasteiger partial charge in [-0.25, -0.2) is 8.42 Å². The summed E-state index contributed by atoms with van der Waals surface area (Å²) in [6, 6.07) is 9.93. The van der Waals surface area contributed by atoms with Crippen molar-refractivity contribution in [3.8, 4) is 0 Å². The highest BCUT2D eigenvalue weighted by molar-refractivity contribution is 7.89. The molecule has 0 radical (unpaired) electrons. The van der Waals surface area contributed by atoms with E-state index in [1.165, 1.54) is 16.4 Å². The van der Waals surface area contributed by atoms with Gasteiger partial charge in [-0.15, -0.1) is 0 Å². The summed E-state index contributed by atoms with van der Waals surface area (Å²) < 4.78 is 38.5. The number of ketones is 1. The topological polar surface area (TPSA) is 109 Å². The molecule has 9 nitrogen and oxygen atoms in total. The fourth-order valence-electron chi connectivity index (χ4n) is 4.55. The van der Waals surface area contributed by atoms with Gasteiger partial charge in [-0.05, 0) is 57.1 Å². The Morgan fingerprint density at radius 3 is 2.47 bits per heavy atom. The number of carbonyl (C=O) groups is 2. The number of nitrogens with one attached hydrogen (secondary N) is 1. The molecule has 1 aliphatic heterocycles. The van der Waals surface area contributed by atoms with E-state index in [4.69, 9.17) is 9.15 Å². The van der Waals surface area contributed by atoms with E-state index < -0.39 is 10.0 Å². The molecule has 10 heteroatoms. The predicted octanol–water partition coefficient (Wildman–Crippen LogP) is 3.10. The van der Waals surface area contributed by atoms with E-state index in [1.807, 2.05) is 12.1 Å². The summed E-state index contributed by atoms with van der Waals surface area (Å²) in [5.74, 6) is 0.0888. The average Bonchev–Trinajstić information content (AvgIpc) is 3.43. The zero-order valence-corrected chi connectivity index (χ0v) is 22.1. The Labute approximate surface area is 213 Å². The van der Waals surface area contributed by atoms with Crippen molar-refractivity contribution in [2.45, 2.75) is 44.6 Å². The third kappa shape index (κ3) is 6.82. The van der Waals surface area contributed by atoms with E-state index in [0.29, 0.717) is 31.6 Å². The highest BCUT2D eigenvalue weighted by atomic mass is 32.2. The number of esters is 1. The number of ether oxygens (including phenoxy) is 1. The number of rotatable bonds is 13. The quantitative estimate of drug-likeness (QED) is 0.318. The molecule has 1 fully saturated rings. The lowest BCUT2D eigenvalue weighted by atomic mass is 9.98. The average molecular weight is 520 g/mol. The van der Waals surface area contributed by atoms with Gasteiger partial charge in [0.15, 0.2) is 5.78 Å². The van der Waals surface area contributed by atoms with Crippen LogP contribution in [0.3, 0.4) is 0 Å². The summed E-state index contributed by atoms with van der Waals surface area (Å²) >= 11 is 0. The van der Waals surface area contributed by atoms with E-state index in [-0.39, 0.29) is 48.2 Å².